The van der Waals surface area contributed by atoms with Crippen LogP contribution in [0.5, 0.6) is 5.75 Å². The molecule has 10 nitrogen and oxygen atoms in total. The highest BCUT2D eigenvalue weighted by atomic mass is 32.2. The van der Waals surface area contributed by atoms with Crippen molar-refractivity contribution in [3.63, 3.8) is 0 Å². The highest BCUT2D eigenvalue weighted by Crippen LogP contribution is 2.26. The second-order valence-electron chi connectivity index (χ2n) is 8.55. The van der Waals surface area contributed by atoms with E-state index in [4.69, 9.17) is 9.47 Å². The summed E-state index contributed by atoms with van der Waals surface area (Å²) in [6.45, 7) is -0.0562. The lowest BCUT2D eigenvalue weighted by Crippen LogP contribution is -2.35. The molecule has 0 spiro atoms. The Morgan fingerprint density at radius 3 is 2.52 bits per heavy atom. The van der Waals surface area contributed by atoms with Crippen molar-refractivity contribution in [2.45, 2.75) is 24.0 Å². The Bertz CT molecular complexity index is 1550. The van der Waals surface area contributed by atoms with Crippen LogP contribution in [0.1, 0.15) is 21.7 Å². The van der Waals surface area contributed by atoms with Crippen molar-refractivity contribution >= 4 is 33.8 Å². The van der Waals surface area contributed by atoms with Crippen LogP contribution in [-0.2, 0) is 21.3 Å². The lowest BCUT2D eigenvalue weighted by atomic mass is 10.2. The maximum absolute atomic E-state index is 13.5. The smallest absolute Gasteiger partial charge is 0.422 e. The number of halogens is 3. The molecular weight excluding hydrogens is 551 g/mol. The summed E-state index contributed by atoms with van der Waals surface area (Å²) in [5.41, 5.74) is 1.48. The van der Waals surface area contributed by atoms with Gasteiger partial charge in [0.05, 0.1) is 39.8 Å². The molecule has 1 atom stereocenters. The number of nitrogens with zero attached hydrogens (tertiary/aromatic N) is 5. The second kappa shape index (κ2) is 12.2. The molecule has 0 aliphatic heterocycles. The van der Waals surface area contributed by atoms with E-state index in [-0.39, 0.29) is 41.2 Å². The van der Waals surface area contributed by atoms with Crippen LogP contribution in [0.4, 0.5) is 18.0 Å². The highest BCUT2D eigenvalue weighted by Gasteiger charge is 2.29. The number of pyridine rings is 2. The molecule has 0 saturated heterocycles. The SMILES string of the molecule is Cc1c(OCC(F)(F)F)ccnc1C[S@](=O)c1nc2ccccc2n1C(=O)N(C)CCOC(=O)c1ccccn1. The fourth-order valence-corrected chi connectivity index (χ4v) is 4.90. The van der Waals surface area contributed by atoms with Gasteiger partial charge in [0.25, 0.3) is 0 Å². The average Bonchev–Trinajstić information content (AvgIpc) is 3.32. The van der Waals surface area contributed by atoms with E-state index < -0.39 is 35.6 Å². The predicted molar refractivity (Wildman–Crippen MR) is 138 cm³/mol. The normalized spacial score (nSPS) is 12.2. The number of aromatic nitrogens is 4. The molecule has 0 saturated carbocycles. The highest BCUT2D eigenvalue weighted by molar-refractivity contribution is 7.84. The van der Waals surface area contributed by atoms with Gasteiger partial charge in [-0.2, -0.15) is 13.2 Å². The Balaban J connectivity index is 1.52. The van der Waals surface area contributed by atoms with Crippen LogP contribution in [0, 0.1) is 6.92 Å². The van der Waals surface area contributed by atoms with E-state index in [9.17, 15) is 27.0 Å². The molecule has 40 heavy (non-hydrogen) atoms. The second-order valence-corrected chi connectivity index (χ2v) is 9.89. The van der Waals surface area contributed by atoms with Crippen molar-refractivity contribution in [1.82, 2.24) is 24.4 Å². The molecule has 210 valence electrons. The maximum Gasteiger partial charge on any atom is 0.422 e. The van der Waals surface area contributed by atoms with Crippen LogP contribution >= 0.6 is 0 Å². The third-order valence-electron chi connectivity index (χ3n) is 5.70. The van der Waals surface area contributed by atoms with Crippen LogP contribution < -0.4 is 4.74 Å². The monoisotopic (exact) mass is 575 g/mol. The van der Waals surface area contributed by atoms with Crippen molar-refractivity contribution in [2.24, 2.45) is 0 Å². The molecule has 0 fully saturated rings. The molecule has 14 heteroatoms. The Hall–Kier alpha value is -4.33. The van der Waals surface area contributed by atoms with E-state index in [0.29, 0.717) is 16.6 Å². The summed E-state index contributed by atoms with van der Waals surface area (Å²) in [6, 6.07) is 12.2. The molecule has 0 aliphatic carbocycles. The number of likely N-dealkylation sites (N-methyl/N-ethyl adjacent to an activating group) is 1. The van der Waals surface area contributed by atoms with Crippen LogP contribution in [-0.4, -0.2) is 73.6 Å². The van der Waals surface area contributed by atoms with Crippen molar-refractivity contribution < 1.29 is 36.4 Å². The molecule has 0 bridgehead atoms. The molecule has 3 heterocycles. The lowest BCUT2D eigenvalue weighted by molar-refractivity contribution is -0.153. The minimum absolute atomic E-state index is 0.0231. The van der Waals surface area contributed by atoms with Crippen molar-refractivity contribution in [1.29, 1.82) is 0 Å². The molecule has 0 aliphatic rings. The van der Waals surface area contributed by atoms with Gasteiger partial charge in [0.1, 0.15) is 18.1 Å². The molecule has 1 amide bonds. The third kappa shape index (κ3) is 6.81. The molecule has 4 rings (SSSR count). The number of benzene rings is 1. The summed E-state index contributed by atoms with van der Waals surface area (Å²) >= 11 is 0. The summed E-state index contributed by atoms with van der Waals surface area (Å²) in [4.78, 5) is 39.4. The van der Waals surface area contributed by atoms with Gasteiger partial charge >= 0.3 is 18.2 Å². The zero-order valence-electron chi connectivity index (χ0n) is 21.4. The molecule has 0 radical (unpaired) electrons. The number of imidazole rings is 1. The topological polar surface area (TPSA) is 117 Å². The number of fused-ring (bicyclic) bond motifs is 1. The zero-order chi connectivity index (χ0) is 28.9. The minimum atomic E-state index is -4.52. The van der Waals surface area contributed by atoms with Crippen molar-refractivity contribution in [3.05, 3.63) is 77.9 Å². The predicted octanol–water partition coefficient (Wildman–Crippen LogP) is 4.14. The molecular formula is C26H24F3N5O5S. The number of esters is 1. The van der Waals surface area contributed by atoms with Gasteiger partial charge < -0.3 is 14.4 Å². The van der Waals surface area contributed by atoms with E-state index in [2.05, 4.69) is 15.0 Å². The fourth-order valence-electron chi connectivity index (χ4n) is 3.65. The Labute approximate surface area is 229 Å². The Kier molecular flexibility index (Phi) is 8.77. The molecule has 3 aromatic heterocycles. The van der Waals surface area contributed by atoms with Crippen LogP contribution in [0.25, 0.3) is 11.0 Å². The van der Waals surface area contributed by atoms with Crippen LogP contribution in [0.2, 0.25) is 0 Å². The summed E-state index contributed by atoms with van der Waals surface area (Å²) < 4.78 is 62.6. The van der Waals surface area contributed by atoms with Gasteiger partial charge in [-0.05, 0) is 37.3 Å². The first-order chi connectivity index (χ1) is 19.0. The molecule has 1 aromatic carbocycles. The number of rotatable bonds is 9. The van der Waals surface area contributed by atoms with Crippen molar-refractivity contribution in [2.75, 3.05) is 26.8 Å². The first kappa shape index (κ1) is 28.7. The van der Waals surface area contributed by atoms with Gasteiger partial charge in [0.2, 0.25) is 5.16 Å². The maximum atomic E-state index is 13.5. The average molecular weight is 576 g/mol. The standard InChI is InChI=1S/C26H24F3N5O5S/c1-17-20(31-12-10-22(17)39-16-26(27,28)29)15-40(37)24-32-18-7-3-4-9-21(18)34(24)25(36)33(2)13-14-38-23(35)19-8-5-6-11-30-19/h3-12H,13-16H2,1-2H3/t40-/m0/s1. The minimum Gasteiger partial charge on any atom is -0.484 e. The number of alkyl halides is 3. The summed E-state index contributed by atoms with van der Waals surface area (Å²) in [5.74, 6) is -0.902. The van der Waals surface area contributed by atoms with Gasteiger partial charge in [-0.3, -0.25) is 9.19 Å². The van der Waals surface area contributed by atoms with E-state index >= 15 is 0 Å². The molecule has 0 unspecified atom stereocenters. The quantitative estimate of drug-likeness (QED) is 0.274. The first-order valence-corrected chi connectivity index (χ1v) is 13.2. The van der Waals surface area contributed by atoms with Gasteiger partial charge in [0.15, 0.2) is 6.61 Å². The largest absolute Gasteiger partial charge is 0.484 e. The van der Waals surface area contributed by atoms with E-state index in [1.165, 1.54) is 48.0 Å². The van der Waals surface area contributed by atoms with Gasteiger partial charge in [-0.25, -0.2) is 24.1 Å². The summed E-state index contributed by atoms with van der Waals surface area (Å²) in [6.07, 6.45) is -1.80. The van der Waals surface area contributed by atoms with Crippen LogP contribution in [0.3, 0.4) is 0 Å². The fraction of sp³-hybridized carbons (Fsp3) is 0.269. The molecule has 4 aromatic rings. The summed E-state index contributed by atoms with van der Waals surface area (Å²) in [5, 5.41) is -0.0636. The lowest BCUT2D eigenvalue weighted by Gasteiger charge is -2.19. The van der Waals surface area contributed by atoms with Gasteiger partial charge in [-0.1, -0.05) is 18.2 Å². The first-order valence-electron chi connectivity index (χ1n) is 11.9. The Morgan fingerprint density at radius 2 is 1.80 bits per heavy atom. The van der Waals surface area contributed by atoms with E-state index in [1.54, 1.807) is 36.4 Å². The van der Waals surface area contributed by atoms with E-state index in [1.807, 2.05) is 0 Å². The number of para-hydroxylation sites is 2. The van der Waals surface area contributed by atoms with Gasteiger partial charge in [-0.15, -0.1) is 0 Å². The Morgan fingerprint density at radius 1 is 1.05 bits per heavy atom. The number of amides is 1. The number of ether oxygens (including phenoxy) is 2. The van der Waals surface area contributed by atoms with Crippen LogP contribution in [0.15, 0.2) is 66.1 Å². The zero-order valence-corrected chi connectivity index (χ0v) is 22.2. The number of carbonyl (C=O) groups excluding carboxylic acids is 2. The number of carbonyl (C=O) groups is 2. The molecule has 0 N–H and O–H groups in total. The summed E-state index contributed by atoms with van der Waals surface area (Å²) in [7, 11) is -0.431. The van der Waals surface area contributed by atoms with Gasteiger partial charge in [0, 0.05) is 25.0 Å². The third-order valence-corrected chi connectivity index (χ3v) is 6.92. The number of hydrogen-bond acceptors (Lipinski definition) is 8. The van der Waals surface area contributed by atoms with E-state index in [0.717, 1.165) is 0 Å². The number of hydrogen-bond donors (Lipinski definition) is 0. The van der Waals surface area contributed by atoms with Crippen molar-refractivity contribution in [3.8, 4) is 5.75 Å².